The number of benzene rings is 2. The Bertz CT molecular complexity index is 1030. The van der Waals surface area contributed by atoms with Crippen molar-refractivity contribution in [2.24, 2.45) is 4.99 Å². The Hall–Kier alpha value is -2.96. The molecule has 0 spiro atoms. The van der Waals surface area contributed by atoms with Crippen LogP contribution in [-0.4, -0.2) is 43.3 Å². The van der Waals surface area contributed by atoms with Gasteiger partial charge in [0.1, 0.15) is 0 Å². The minimum Gasteiger partial charge on any atom is -0.381 e. The Morgan fingerprint density at radius 1 is 1.03 bits per heavy atom. The number of para-hydroxylation sites is 1. The van der Waals surface area contributed by atoms with Crippen LogP contribution in [0.4, 0.5) is 0 Å². The quantitative estimate of drug-likeness (QED) is 0.392. The zero-order valence-electron chi connectivity index (χ0n) is 19.0. The highest BCUT2D eigenvalue weighted by Crippen LogP contribution is 2.25. The summed E-state index contributed by atoms with van der Waals surface area (Å²) in [5.74, 6) is 0.797. The first kappa shape index (κ1) is 22.2. The standard InChI is InChI=1S/C26H33N5O/c1-20(21-8-4-3-5-9-21)31-26(13-16-32-17-14-26)19-30-25(27-2)29-18-22-12-15-28-24-11-7-6-10-23(22)24/h3-12,15,20,31H,13-14,16-19H2,1-2H3,(H2,27,29,30). The predicted octanol–water partition coefficient (Wildman–Crippen LogP) is 3.80. The van der Waals surface area contributed by atoms with Gasteiger partial charge in [0.2, 0.25) is 0 Å². The third-order valence-corrected chi connectivity index (χ3v) is 6.28. The fraction of sp³-hybridized carbons (Fsp3) is 0.385. The number of aromatic nitrogens is 1. The number of hydrogen-bond acceptors (Lipinski definition) is 4. The normalized spacial score (nSPS) is 17.1. The number of aliphatic imine (C=N–C) groups is 1. The van der Waals surface area contributed by atoms with Crippen LogP contribution in [0.5, 0.6) is 0 Å². The number of guanidine groups is 1. The van der Waals surface area contributed by atoms with Crippen molar-refractivity contribution in [2.75, 3.05) is 26.8 Å². The molecule has 4 rings (SSSR count). The number of fused-ring (bicyclic) bond motifs is 1. The molecular weight excluding hydrogens is 398 g/mol. The molecular formula is C26H33N5O. The molecule has 168 valence electrons. The zero-order valence-corrected chi connectivity index (χ0v) is 19.0. The maximum Gasteiger partial charge on any atom is 0.191 e. The van der Waals surface area contributed by atoms with Crippen molar-refractivity contribution in [3.05, 3.63) is 78.0 Å². The largest absolute Gasteiger partial charge is 0.381 e. The summed E-state index contributed by atoms with van der Waals surface area (Å²) in [4.78, 5) is 8.91. The Balaban J connectivity index is 1.40. The molecule has 1 aromatic heterocycles. The first-order valence-electron chi connectivity index (χ1n) is 11.4. The number of nitrogens with zero attached hydrogens (tertiary/aromatic N) is 2. The molecule has 0 radical (unpaired) electrons. The van der Waals surface area contributed by atoms with Crippen LogP contribution in [0.1, 0.15) is 36.9 Å². The van der Waals surface area contributed by atoms with Crippen molar-refractivity contribution in [3.63, 3.8) is 0 Å². The van der Waals surface area contributed by atoms with Crippen molar-refractivity contribution in [1.29, 1.82) is 0 Å². The zero-order chi connectivity index (χ0) is 22.2. The van der Waals surface area contributed by atoms with Gasteiger partial charge in [-0.1, -0.05) is 48.5 Å². The Kier molecular flexibility index (Phi) is 7.35. The highest BCUT2D eigenvalue weighted by atomic mass is 16.5. The van der Waals surface area contributed by atoms with E-state index in [0.29, 0.717) is 6.54 Å². The second-order valence-electron chi connectivity index (χ2n) is 8.44. The molecule has 0 bridgehead atoms. The molecule has 1 aliphatic heterocycles. The van der Waals surface area contributed by atoms with Crippen LogP contribution >= 0.6 is 0 Å². The predicted molar refractivity (Wildman–Crippen MR) is 131 cm³/mol. The highest BCUT2D eigenvalue weighted by molar-refractivity contribution is 5.83. The third-order valence-electron chi connectivity index (χ3n) is 6.28. The monoisotopic (exact) mass is 431 g/mol. The minimum atomic E-state index is -0.0471. The van der Waals surface area contributed by atoms with Crippen molar-refractivity contribution in [3.8, 4) is 0 Å². The molecule has 6 nitrogen and oxygen atoms in total. The number of hydrogen-bond donors (Lipinski definition) is 3. The van der Waals surface area contributed by atoms with Crippen LogP contribution in [0.2, 0.25) is 0 Å². The summed E-state index contributed by atoms with van der Waals surface area (Å²) in [5.41, 5.74) is 3.46. The first-order chi connectivity index (χ1) is 15.7. The van der Waals surface area contributed by atoms with Gasteiger partial charge in [-0.25, -0.2) is 0 Å². The lowest BCUT2D eigenvalue weighted by Gasteiger charge is -2.41. The van der Waals surface area contributed by atoms with E-state index in [1.165, 1.54) is 11.1 Å². The fourth-order valence-corrected chi connectivity index (χ4v) is 4.38. The van der Waals surface area contributed by atoms with Gasteiger partial charge in [0.25, 0.3) is 0 Å². The van der Waals surface area contributed by atoms with Crippen molar-refractivity contribution in [1.82, 2.24) is 20.9 Å². The van der Waals surface area contributed by atoms with Gasteiger partial charge in [-0.05, 0) is 43.0 Å². The summed E-state index contributed by atoms with van der Waals surface area (Å²) < 4.78 is 5.67. The van der Waals surface area contributed by atoms with Crippen LogP contribution in [-0.2, 0) is 11.3 Å². The molecule has 3 N–H and O–H groups in total. The molecule has 2 heterocycles. The maximum atomic E-state index is 5.67. The van der Waals surface area contributed by atoms with Crippen LogP contribution in [0, 0.1) is 0 Å². The van der Waals surface area contributed by atoms with Crippen molar-refractivity contribution in [2.45, 2.75) is 37.9 Å². The van der Waals surface area contributed by atoms with Gasteiger partial charge in [0.15, 0.2) is 5.96 Å². The molecule has 1 fully saturated rings. The van der Waals surface area contributed by atoms with E-state index in [0.717, 1.165) is 49.5 Å². The van der Waals surface area contributed by atoms with Crippen LogP contribution < -0.4 is 16.0 Å². The lowest BCUT2D eigenvalue weighted by atomic mass is 9.88. The van der Waals surface area contributed by atoms with Crippen molar-refractivity contribution >= 4 is 16.9 Å². The Morgan fingerprint density at radius 2 is 1.78 bits per heavy atom. The topological polar surface area (TPSA) is 70.6 Å². The molecule has 0 aliphatic carbocycles. The fourth-order valence-electron chi connectivity index (χ4n) is 4.38. The summed E-state index contributed by atoms with van der Waals surface area (Å²) in [5, 5.41) is 12.1. The SMILES string of the molecule is CN=C(NCc1ccnc2ccccc12)NCC1(NC(C)c2ccccc2)CCOCC1. The summed E-state index contributed by atoms with van der Waals surface area (Å²) >= 11 is 0. The van der Waals surface area contributed by atoms with Crippen LogP contribution in [0.25, 0.3) is 10.9 Å². The van der Waals surface area contributed by atoms with E-state index in [1.807, 2.05) is 25.4 Å². The Labute approximate surface area is 190 Å². The van der Waals surface area contributed by atoms with Crippen LogP contribution in [0.3, 0.4) is 0 Å². The van der Waals surface area contributed by atoms with Gasteiger partial charge in [0, 0.05) is 56.5 Å². The van der Waals surface area contributed by atoms with Gasteiger partial charge in [-0.3, -0.25) is 9.98 Å². The van der Waals surface area contributed by atoms with Gasteiger partial charge in [0.05, 0.1) is 5.52 Å². The molecule has 0 saturated carbocycles. The lowest BCUT2D eigenvalue weighted by molar-refractivity contribution is 0.0355. The molecule has 1 aliphatic rings. The molecule has 2 aromatic carbocycles. The van der Waals surface area contributed by atoms with E-state index in [1.54, 1.807) is 0 Å². The third kappa shape index (κ3) is 5.44. The number of pyridine rings is 1. The Morgan fingerprint density at radius 3 is 2.56 bits per heavy atom. The van der Waals surface area contributed by atoms with Crippen molar-refractivity contribution < 1.29 is 4.74 Å². The van der Waals surface area contributed by atoms with E-state index < -0.39 is 0 Å². The van der Waals surface area contributed by atoms with Crippen LogP contribution in [0.15, 0.2) is 71.9 Å². The van der Waals surface area contributed by atoms with E-state index >= 15 is 0 Å². The van der Waals surface area contributed by atoms with E-state index in [-0.39, 0.29) is 11.6 Å². The average Bonchev–Trinajstić information content (AvgIpc) is 2.85. The smallest absolute Gasteiger partial charge is 0.191 e. The maximum absolute atomic E-state index is 5.67. The van der Waals surface area contributed by atoms with E-state index in [9.17, 15) is 0 Å². The van der Waals surface area contributed by atoms with Gasteiger partial charge in [-0.2, -0.15) is 0 Å². The molecule has 1 saturated heterocycles. The second-order valence-corrected chi connectivity index (χ2v) is 8.44. The molecule has 0 amide bonds. The van der Waals surface area contributed by atoms with E-state index in [2.05, 4.69) is 81.4 Å². The number of nitrogens with one attached hydrogen (secondary N) is 3. The number of ether oxygens (including phenoxy) is 1. The van der Waals surface area contributed by atoms with Gasteiger partial charge >= 0.3 is 0 Å². The molecule has 6 heteroatoms. The number of rotatable bonds is 7. The first-order valence-corrected chi connectivity index (χ1v) is 11.4. The lowest BCUT2D eigenvalue weighted by Crippen LogP contribution is -2.58. The average molecular weight is 432 g/mol. The summed E-state index contributed by atoms with van der Waals surface area (Å²) in [6.07, 6.45) is 3.79. The summed E-state index contributed by atoms with van der Waals surface area (Å²) in [7, 11) is 1.82. The summed E-state index contributed by atoms with van der Waals surface area (Å²) in [6.45, 7) is 5.24. The molecule has 32 heavy (non-hydrogen) atoms. The molecule has 1 unspecified atom stereocenters. The molecule has 1 atom stereocenters. The highest BCUT2D eigenvalue weighted by Gasteiger charge is 2.34. The van der Waals surface area contributed by atoms with E-state index in [4.69, 9.17) is 4.74 Å². The summed E-state index contributed by atoms with van der Waals surface area (Å²) in [6, 6.07) is 21.1. The molecule has 3 aromatic rings. The van der Waals surface area contributed by atoms with Gasteiger partial charge < -0.3 is 20.7 Å². The second kappa shape index (κ2) is 10.6. The minimum absolute atomic E-state index is 0.0471. The van der Waals surface area contributed by atoms with Gasteiger partial charge in [-0.15, -0.1) is 0 Å².